The maximum absolute atomic E-state index is 6.79. The fourth-order valence-electron chi connectivity index (χ4n) is 13.7. The van der Waals surface area contributed by atoms with Crippen molar-refractivity contribution in [2.75, 3.05) is 9.80 Å². The highest BCUT2D eigenvalue weighted by Gasteiger charge is 2.50. The van der Waals surface area contributed by atoms with Crippen molar-refractivity contribution >= 4 is 89.8 Å². The van der Waals surface area contributed by atoms with Crippen molar-refractivity contribution in [2.45, 2.75) is 15.2 Å². The number of anilines is 6. The van der Waals surface area contributed by atoms with Gasteiger partial charge in [-0.25, -0.2) is 0 Å². The highest BCUT2D eigenvalue weighted by atomic mass is 32.2. The van der Waals surface area contributed by atoms with Crippen molar-refractivity contribution in [3.63, 3.8) is 0 Å². The van der Waals surface area contributed by atoms with Gasteiger partial charge in [0.05, 0.1) is 11.1 Å². The van der Waals surface area contributed by atoms with Crippen LogP contribution in [0.2, 0.25) is 0 Å². The Labute approximate surface area is 490 Å². The third kappa shape index (κ3) is 7.49. The summed E-state index contributed by atoms with van der Waals surface area (Å²) in [6.07, 6.45) is 0. The van der Waals surface area contributed by atoms with Crippen LogP contribution in [0.3, 0.4) is 0 Å². The first kappa shape index (κ1) is 48.1. The van der Waals surface area contributed by atoms with Gasteiger partial charge in [-0.2, -0.15) is 0 Å². The Morgan fingerprint density at radius 2 is 0.786 bits per heavy atom. The van der Waals surface area contributed by atoms with Gasteiger partial charge in [0, 0.05) is 71.4 Å². The quantitative estimate of drug-likeness (QED) is 0.144. The van der Waals surface area contributed by atoms with Gasteiger partial charge in [0.1, 0.15) is 22.3 Å². The highest BCUT2D eigenvalue weighted by molar-refractivity contribution is 7.99. The van der Waals surface area contributed by atoms with Gasteiger partial charge in [-0.15, -0.1) is 0 Å². The first-order valence-corrected chi connectivity index (χ1v) is 29.4. The Morgan fingerprint density at radius 1 is 0.262 bits per heavy atom. The van der Waals surface area contributed by atoms with Crippen LogP contribution in [0.25, 0.3) is 88.4 Å². The molecule has 2 aromatic heterocycles. The van der Waals surface area contributed by atoms with Crippen LogP contribution in [0.4, 0.5) is 34.1 Å². The Morgan fingerprint density at radius 3 is 1.51 bits per heavy atom. The van der Waals surface area contributed by atoms with Gasteiger partial charge in [0.2, 0.25) is 0 Å². The van der Waals surface area contributed by atoms with Crippen LogP contribution in [0.1, 0.15) is 22.3 Å². The summed E-state index contributed by atoms with van der Waals surface area (Å²) in [4.78, 5) is 7.26. The van der Waals surface area contributed by atoms with Crippen LogP contribution in [0, 0.1) is 0 Å². The lowest BCUT2D eigenvalue weighted by Gasteiger charge is -2.41. The Kier molecular flexibility index (Phi) is 11.0. The molecule has 0 amide bonds. The third-order valence-electron chi connectivity index (χ3n) is 17.3. The van der Waals surface area contributed by atoms with Crippen LogP contribution in [-0.4, -0.2) is 0 Å². The van der Waals surface area contributed by atoms with E-state index in [1.807, 2.05) is 11.8 Å². The van der Waals surface area contributed by atoms with Crippen molar-refractivity contribution in [2.24, 2.45) is 0 Å². The van der Waals surface area contributed by atoms with E-state index in [1.54, 1.807) is 0 Å². The Hall–Kier alpha value is -10.6. The molecule has 394 valence electrons. The molecule has 1 spiro atoms. The molecule has 0 saturated carbocycles. The molecule has 4 nitrogen and oxygen atoms in total. The van der Waals surface area contributed by atoms with E-state index in [0.29, 0.717) is 0 Å². The lowest BCUT2D eigenvalue weighted by atomic mass is 9.67. The predicted molar refractivity (Wildman–Crippen MR) is 348 cm³/mol. The topological polar surface area (TPSA) is 32.8 Å². The predicted octanol–water partition coefficient (Wildman–Crippen LogP) is 22.3. The van der Waals surface area contributed by atoms with Gasteiger partial charge in [-0.05, 0) is 146 Å². The minimum atomic E-state index is -0.676. The van der Waals surface area contributed by atoms with E-state index in [9.17, 15) is 0 Å². The summed E-state index contributed by atoms with van der Waals surface area (Å²) in [7, 11) is 0. The number of nitrogens with zero attached hydrogens (tertiary/aromatic N) is 2. The summed E-state index contributed by atoms with van der Waals surface area (Å²) < 4.78 is 13.6. The maximum Gasteiger partial charge on any atom is 0.143 e. The summed E-state index contributed by atoms with van der Waals surface area (Å²) >= 11 is 1.86. The van der Waals surface area contributed by atoms with Gasteiger partial charge in [0.25, 0.3) is 0 Å². The average Bonchev–Trinajstić information content (AvgIpc) is 1.58. The number of benzene rings is 13. The number of furan rings is 2. The molecule has 0 bridgehead atoms. The molecule has 84 heavy (non-hydrogen) atoms. The minimum absolute atomic E-state index is 0.676. The molecule has 1 aliphatic heterocycles. The van der Waals surface area contributed by atoms with Crippen molar-refractivity contribution in [1.29, 1.82) is 0 Å². The van der Waals surface area contributed by atoms with Crippen LogP contribution < -0.4 is 9.80 Å². The molecule has 0 saturated heterocycles. The van der Waals surface area contributed by atoms with Gasteiger partial charge in [-0.1, -0.05) is 224 Å². The molecule has 5 heteroatoms. The highest BCUT2D eigenvalue weighted by Crippen LogP contribution is 2.63. The summed E-state index contributed by atoms with van der Waals surface area (Å²) in [5, 5.41) is 4.36. The largest absolute Gasteiger partial charge is 0.456 e. The molecule has 0 atom stereocenters. The number of rotatable bonds is 9. The van der Waals surface area contributed by atoms with Crippen LogP contribution >= 0.6 is 11.8 Å². The molecule has 2 aliphatic rings. The molecule has 0 radical (unpaired) electrons. The average molecular weight is 1090 g/mol. The SMILES string of the molecule is c1ccc(-c2cccc(N(c3ccc4c(c3)Sc3ccc(N(c5ccccc5)c5cc(-c6ccccc6)c6c(c5)oc5ccccc56)cc3C43c4ccccc4-c4ccccc43)c3cc(-c4ccccc4)c4oc5ccccc5c4c3)c2)cc1. The molecule has 13 aromatic carbocycles. The summed E-state index contributed by atoms with van der Waals surface area (Å²) in [6.45, 7) is 0. The molecular weight excluding hydrogens is 1040 g/mol. The maximum atomic E-state index is 6.79. The van der Waals surface area contributed by atoms with Gasteiger partial charge < -0.3 is 18.6 Å². The van der Waals surface area contributed by atoms with Crippen molar-refractivity contribution in [1.82, 2.24) is 0 Å². The zero-order valence-corrected chi connectivity index (χ0v) is 46.3. The summed E-state index contributed by atoms with van der Waals surface area (Å²) in [6, 6.07) is 110. The van der Waals surface area contributed by atoms with E-state index < -0.39 is 5.41 Å². The van der Waals surface area contributed by atoms with Crippen molar-refractivity contribution in [3.05, 3.63) is 326 Å². The number of hydrogen-bond acceptors (Lipinski definition) is 5. The second kappa shape index (κ2) is 19.3. The van der Waals surface area contributed by atoms with Crippen molar-refractivity contribution < 1.29 is 8.83 Å². The second-order valence-corrected chi connectivity index (χ2v) is 23.0. The van der Waals surface area contributed by atoms with Crippen molar-refractivity contribution in [3.8, 4) is 44.5 Å². The van der Waals surface area contributed by atoms with Gasteiger partial charge in [0.15, 0.2) is 0 Å². The lowest BCUT2D eigenvalue weighted by Crippen LogP contribution is -2.32. The monoisotopic (exact) mass is 1090 g/mol. The first-order valence-electron chi connectivity index (χ1n) is 28.6. The number of hydrogen-bond donors (Lipinski definition) is 0. The van der Waals surface area contributed by atoms with E-state index in [0.717, 1.165) is 111 Å². The Balaban J connectivity index is 0.896. The fraction of sp³-hybridized carbons (Fsp3) is 0.0127. The smallest absolute Gasteiger partial charge is 0.143 e. The molecule has 17 rings (SSSR count). The summed E-state index contributed by atoms with van der Waals surface area (Å²) in [5.41, 5.74) is 23.3. The first-order chi connectivity index (χ1) is 41.6. The molecule has 0 N–H and O–H groups in total. The second-order valence-electron chi connectivity index (χ2n) is 21.9. The molecule has 1 aliphatic carbocycles. The molecule has 0 fully saturated rings. The van der Waals surface area contributed by atoms with E-state index in [2.05, 4.69) is 313 Å². The third-order valence-corrected chi connectivity index (χ3v) is 18.4. The minimum Gasteiger partial charge on any atom is -0.456 e. The van der Waals surface area contributed by atoms with E-state index in [4.69, 9.17) is 8.83 Å². The van der Waals surface area contributed by atoms with E-state index in [-0.39, 0.29) is 0 Å². The van der Waals surface area contributed by atoms with Gasteiger partial charge >= 0.3 is 0 Å². The van der Waals surface area contributed by atoms with Gasteiger partial charge in [-0.3, -0.25) is 0 Å². The molecular formula is C79H50N2O2S. The van der Waals surface area contributed by atoms with Crippen LogP contribution in [0.15, 0.2) is 322 Å². The number of fused-ring (bicyclic) bond motifs is 15. The lowest BCUT2D eigenvalue weighted by molar-refractivity contribution is 0.669. The molecule has 3 heterocycles. The zero-order chi connectivity index (χ0) is 55.3. The standard InChI is InChI=1S/C79H50N2O2S/c1-5-22-51(23-6-1)54-28-21-31-56(44-54)81(59-46-66(53-26-9-3-10-27-53)78-67(47-59)63-34-15-19-38-72(63)83-78)58-40-42-70-76(50-58)84-75-43-41-57(48-71(75)79(70)68-36-17-13-32-61(68)62-33-14-18-37-69(62)79)80(55-29-11-4-12-30-55)60-45-65(52-24-7-2-8-25-52)77-64-35-16-20-39-73(64)82-74(77)49-60/h1-50H. The normalized spacial score (nSPS) is 12.8. The molecule has 15 aromatic rings. The fourth-order valence-corrected chi connectivity index (χ4v) is 14.9. The van der Waals surface area contributed by atoms with Crippen LogP contribution in [-0.2, 0) is 5.41 Å². The zero-order valence-electron chi connectivity index (χ0n) is 45.5. The molecule has 0 unspecified atom stereocenters. The van der Waals surface area contributed by atoms with Crippen LogP contribution in [0.5, 0.6) is 0 Å². The Bertz CT molecular complexity index is 5020. The number of para-hydroxylation sites is 3. The van der Waals surface area contributed by atoms with E-state index in [1.165, 1.54) is 43.2 Å². The van der Waals surface area contributed by atoms with E-state index >= 15 is 0 Å². The summed E-state index contributed by atoms with van der Waals surface area (Å²) in [5.74, 6) is 0.